The molecule has 3 aromatic rings. The molecule has 0 radical (unpaired) electrons. The van der Waals surface area contributed by atoms with Crippen molar-refractivity contribution in [1.82, 2.24) is 15.0 Å². The van der Waals surface area contributed by atoms with Crippen LogP contribution in [0.5, 0.6) is 0 Å². The van der Waals surface area contributed by atoms with E-state index in [0.717, 1.165) is 11.9 Å². The van der Waals surface area contributed by atoms with Crippen molar-refractivity contribution in [3.8, 4) is 0 Å². The zero-order valence-electron chi connectivity index (χ0n) is 10.9. The topological polar surface area (TPSA) is 68.0 Å². The Morgan fingerprint density at radius 2 is 2.30 bits per heavy atom. The minimum absolute atomic E-state index is 0.0871. The molecule has 5 nitrogen and oxygen atoms in total. The molecule has 3 rings (SSSR count). The molecule has 0 aliphatic carbocycles. The zero-order valence-corrected chi connectivity index (χ0v) is 11.7. The summed E-state index contributed by atoms with van der Waals surface area (Å²) >= 11 is 1.67. The summed E-state index contributed by atoms with van der Waals surface area (Å²) in [6.07, 6.45) is 0.871. The molecule has 20 heavy (non-hydrogen) atoms. The Labute approximate surface area is 119 Å². The van der Waals surface area contributed by atoms with Crippen LogP contribution < -0.4 is 0 Å². The van der Waals surface area contributed by atoms with Gasteiger partial charge in [0.25, 0.3) is 0 Å². The van der Waals surface area contributed by atoms with Gasteiger partial charge in [0.05, 0.1) is 17.1 Å². The summed E-state index contributed by atoms with van der Waals surface area (Å²) in [4.78, 5) is 12.3. The number of carbonyl (C=O) groups is 1. The minimum Gasteiger partial charge on any atom is -0.478 e. The molecular weight excluding hydrogens is 274 g/mol. The normalized spacial score (nSPS) is 12.7. The van der Waals surface area contributed by atoms with E-state index in [9.17, 15) is 4.79 Å². The van der Waals surface area contributed by atoms with Crippen molar-refractivity contribution in [3.63, 3.8) is 0 Å². The van der Waals surface area contributed by atoms with Gasteiger partial charge in [-0.25, -0.2) is 9.48 Å². The second-order valence-corrected chi connectivity index (χ2v) is 5.46. The largest absolute Gasteiger partial charge is 0.478 e. The summed E-state index contributed by atoms with van der Waals surface area (Å²) < 4.78 is 1.81. The number of benzene rings is 1. The SMILES string of the molecule is CCC(c1cccs1)n1nnc2ccc(C(=O)O)cc21. The molecule has 0 spiro atoms. The fraction of sp³-hybridized carbons (Fsp3) is 0.214. The first kappa shape index (κ1) is 12.8. The Morgan fingerprint density at radius 3 is 2.95 bits per heavy atom. The zero-order chi connectivity index (χ0) is 14.1. The average Bonchev–Trinajstić information content (AvgIpc) is 3.09. The molecule has 2 aromatic heterocycles. The number of thiophene rings is 1. The fourth-order valence-corrected chi connectivity index (χ4v) is 3.17. The van der Waals surface area contributed by atoms with Crippen LogP contribution in [0.3, 0.4) is 0 Å². The Balaban J connectivity index is 2.15. The molecule has 2 heterocycles. The van der Waals surface area contributed by atoms with Crippen LogP contribution in [0.15, 0.2) is 35.7 Å². The second kappa shape index (κ2) is 5.05. The Bertz CT molecular complexity index is 749. The van der Waals surface area contributed by atoms with E-state index in [4.69, 9.17) is 5.11 Å². The van der Waals surface area contributed by atoms with Crippen molar-refractivity contribution < 1.29 is 9.90 Å². The molecule has 1 aromatic carbocycles. The predicted molar refractivity (Wildman–Crippen MR) is 77.2 cm³/mol. The minimum atomic E-state index is -0.941. The van der Waals surface area contributed by atoms with E-state index >= 15 is 0 Å². The molecule has 0 amide bonds. The van der Waals surface area contributed by atoms with Crippen LogP contribution in [0.4, 0.5) is 0 Å². The van der Waals surface area contributed by atoms with Crippen LogP contribution in [0.1, 0.15) is 34.6 Å². The van der Waals surface area contributed by atoms with Gasteiger partial charge in [0.15, 0.2) is 0 Å². The highest BCUT2D eigenvalue weighted by molar-refractivity contribution is 7.10. The summed E-state index contributed by atoms with van der Waals surface area (Å²) in [5.74, 6) is -0.941. The fourth-order valence-electron chi connectivity index (χ4n) is 2.27. The smallest absolute Gasteiger partial charge is 0.335 e. The molecule has 1 unspecified atom stereocenters. The van der Waals surface area contributed by atoms with E-state index in [1.54, 1.807) is 29.5 Å². The number of hydrogen-bond donors (Lipinski definition) is 1. The van der Waals surface area contributed by atoms with Gasteiger partial charge in [-0.1, -0.05) is 18.2 Å². The third-order valence-electron chi connectivity index (χ3n) is 3.27. The van der Waals surface area contributed by atoms with Gasteiger partial charge < -0.3 is 5.11 Å². The number of carboxylic acids is 1. The lowest BCUT2D eigenvalue weighted by Gasteiger charge is -2.14. The molecule has 0 aliphatic rings. The van der Waals surface area contributed by atoms with Crippen LogP contribution in [0.25, 0.3) is 11.0 Å². The number of hydrogen-bond acceptors (Lipinski definition) is 4. The molecule has 0 saturated heterocycles. The van der Waals surface area contributed by atoms with Gasteiger partial charge in [-0.05, 0) is 36.1 Å². The van der Waals surface area contributed by atoms with E-state index < -0.39 is 5.97 Å². The molecule has 1 atom stereocenters. The number of carboxylic acid groups (broad SMARTS) is 1. The monoisotopic (exact) mass is 287 g/mol. The van der Waals surface area contributed by atoms with Crippen LogP contribution in [0.2, 0.25) is 0 Å². The first-order valence-electron chi connectivity index (χ1n) is 6.32. The maximum Gasteiger partial charge on any atom is 0.335 e. The van der Waals surface area contributed by atoms with Gasteiger partial charge in [0.2, 0.25) is 0 Å². The molecular formula is C14H13N3O2S. The highest BCUT2D eigenvalue weighted by Gasteiger charge is 2.18. The van der Waals surface area contributed by atoms with Gasteiger partial charge in [0.1, 0.15) is 5.52 Å². The maximum absolute atomic E-state index is 11.1. The van der Waals surface area contributed by atoms with E-state index in [-0.39, 0.29) is 11.6 Å². The molecule has 0 saturated carbocycles. The number of aromatic nitrogens is 3. The van der Waals surface area contributed by atoms with Crippen LogP contribution in [0, 0.1) is 0 Å². The van der Waals surface area contributed by atoms with Crippen molar-refractivity contribution in [2.45, 2.75) is 19.4 Å². The van der Waals surface area contributed by atoms with E-state index in [1.807, 2.05) is 16.1 Å². The standard InChI is InChI=1S/C14H13N3O2S/c1-2-11(13-4-3-7-20-13)17-12-8-9(14(18)19)5-6-10(12)15-16-17/h3-8,11H,2H2,1H3,(H,18,19). The Kier molecular flexibility index (Phi) is 3.23. The first-order valence-corrected chi connectivity index (χ1v) is 7.20. The maximum atomic E-state index is 11.1. The quantitative estimate of drug-likeness (QED) is 0.800. The Morgan fingerprint density at radius 1 is 1.45 bits per heavy atom. The molecule has 0 bridgehead atoms. The summed E-state index contributed by atoms with van der Waals surface area (Å²) in [6, 6.07) is 9.04. The molecule has 0 fully saturated rings. The van der Waals surface area contributed by atoms with Gasteiger partial charge >= 0.3 is 5.97 Å². The van der Waals surface area contributed by atoms with E-state index in [0.29, 0.717) is 5.52 Å². The van der Waals surface area contributed by atoms with Crippen molar-refractivity contribution in [1.29, 1.82) is 0 Å². The second-order valence-electron chi connectivity index (χ2n) is 4.48. The lowest BCUT2D eigenvalue weighted by Crippen LogP contribution is -2.10. The van der Waals surface area contributed by atoms with Crippen LogP contribution in [-0.4, -0.2) is 26.1 Å². The average molecular weight is 287 g/mol. The van der Waals surface area contributed by atoms with Gasteiger partial charge in [-0.2, -0.15) is 0 Å². The van der Waals surface area contributed by atoms with E-state index in [1.165, 1.54) is 4.88 Å². The molecule has 6 heteroatoms. The van der Waals surface area contributed by atoms with Crippen LogP contribution >= 0.6 is 11.3 Å². The third kappa shape index (κ3) is 2.08. The Hall–Kier alpha value is -2.21. The summed E-state index contributed by atoms with van der Waals surface area (Å²) in [5.41, 5.74) is 1.72. The number of rotatable bonds is 4. The first-order chi connectivity index (χ1) is 9.70. The summed E-state index contributed by atoms with van der Waals surface area (Å²) in [7, 11) is 0. The number of fused-ring (bicyclic) bond motifs is 1. The van der Waals surface area contributed by atoms with Crippen molar-refractivity contribution in [2.75, 3.05) is 0 Å². The van der Waals surface area contributed by atoms with Gasteiger partial charge in [0, 0.05) is 4.88 Å². The summed E-state index contributed by atoms with van der Waals surface area (Å²) in [5, 5.41) is 19.5. The summed E-state index contributed by atoms with van der Waals surface area (Å²) in [6.45, 7) is 2.08. The van der Waals surface area contributed by atoms with Crippen molar-refractivity contribution >= 4 is 28.3 Å². The highest BCUT2D eigenvalue weighted by atomic mass is 32.1. The van der Waals surface area contributed by atoms with Crippen molar-refractivity contribution in [2.24, 2.45) is 0 Å². The molecule has 0 aliphatic heterocycles. The lowest BCUT2D eigenvalue weighted by atomic mass is 10.1. The number of nitrogens with zero attached hydrogens (tertiary/aromatic N) is 3. The van der Waals surface area contributed by atoms with E-state index in [2.05, 4.69) is 23.3 Å². The van der Waals surface area contributed by atoms with Gasteiger partial charge in [-0.15, -0.1) is 16.4 Å². The third-order valence-corrected chi connectivity index (χ3v) is 4.25. The molecule has 102 valence electrons. The lowest BCUT2D eigenvalue weighted by molar-refractivity contribution is 0.0697. The highest BCUT2D eigenvalue weighted by Crippen LogP contribution is 2.28. The van der Waals surface area contributed by atoms with Crippen LogP contribution in [-0.2, 0) is 0 Å². The van der Waals surface area contributed by atoms with Gasteiger partial charge in [-0.3, -0.25) is 0 Å². The van der Waals surface area contributed by atoms with Crippen molar-refractivity contribution in [3.05, 3.63) is 46.2 Å². The molecule has 1 N–H and O–H groups in total. The predicted octanol–water partition coefficient (Wildman–Crippen LogP) is 3.19. The number of aromatic carboxylic acids is 1.